The van der Waals surface area contributed by atoms with Gasteiger partial charge in [-0.3, -0.25) is 9.78 Å². The van der Waals surface area contributed by atoms with Crippen molar-refractivity contribution < 1.29 is 4.79 Å². The van der Waals surface area contributed by atoms with Crippen LogP contribution in [0.15, 0.2) is 66.3 Å². The molecule has 0 radical (unpaired) electrons. The number of pyridine rings is 1. The number of hydrogen-bond acceptors (Lipinski definition) is 3. The molecule has 2 aromatic heterocycles. The van der Waals surface area contributed by atoms with Gasteiger partial charge in [-0.1, -0.05) is 36.4 Å². The Morgan fingerprint density at radius 1 is 1.14 bits per heavy atom. The van der Waals surface area contributed by atoms with Crippen LogP contribution in [0.3, 0.4) is 0 Å². The van der Waals surface area contributed by atoms with Crippen LogP contribution in [0.2, 0.25) is 0 Å². The highest BCUT2D eigenvalue weighted by Gasteiger charge is 2.18. The SMILES string of the molecule is CN(Cc1cccnc1)C(=O)c1sccc1-c1ccccc1. The van der Waals surface area contributed by atoms with E-state index in [1.165, 1.54) is 11.3 Å². The van der Waals surface area contributed by atoms with Gasteiger partial charge in [0.25, 0.3) is 5.91 Å². The number of hydrogen-bond donors (Lipinski definition) is 0. The molecule has 0 N–H and O–H groups in total. The van der Waals surface area contributed by atoms with Crippen molar-refractivity contribution in [1.82, 2.24) is 9.88 Å². The Morgan fingerprint density at radius 3 is 2.68 bits per heavy atom. The van der Waals surface area contributed by atoms with E-state index in [4.69, 9.17) is 0 Å². The first-order valence-corrected chi connectivity index (χ1v) is 7.91. The van der Waals surface area contributed by atoms with Crippen molar-refractivity contribution in [1.29, 1.82) is 0 Å². The molecule has 0 saturated heterocycles. The summed E-state index contributed by atoms with van der Waals surface area (Å²) in [5.74, 6) is 0.0395. The maximum atomic E-state index is 12.7. The fourth-order valence-electron chi connectivity index (χ4n) is 2.33. The van der Waals surface area contributed by atoms with Crippen LogP contribution in [0, 0.1) is 0 Å². The lowest BCUT2D eigenvalue weighted by Gasteiger charge is -2.17. The average molecular weight is 308 g/mol. The molecule has 0 unspecified atom stereocenters. The lowest BCUT2D eigenvalue weighted by Crippen LogP contribution is -2.25. The van der Waals surface area contributed by atoms with E-state index in [0.717, 1.165) is 21.6 Å². The zero-order chi connectivity index (χ0) is 15.4. The number of thiophene rings is 1. The second-order valence-electron chi connectivity index (χ2n) is 5.05. The van der Waals surface area contributed by atoms with E-state index in [-0.39, 0.29) is 5.91 Å². The molecule has 0 aliphatic carbocycles. The van der Waals surface area contributed by atoms with Crippen LogP contribution in [0.5, 0.6) is 0 Å². The van der Waals surface area contributed by atoms with Crippen molar-refractivity contribution in [2.75, 3.05) is 7.05 Å². The molecule has 1 aromatic carbocycles. The van der Waals surface area contributed by atoms with Crippen LogP contribution < -0.4 is 0 Å². The van der Waals surface area contributed by atoms with Crippen molar-refractivity contribution in [3.63, 3.8) is 0 Å². The Hall–Kier alpha value is -2.46. The molecular weight excluding hydrogens is 292 g/mol. The average Bonchev–Trinajstić information content (AvgIpc) is 3.05. The minimum Gasteiger partial charge on any atom is -0.337 e. The quantitative estimate of drug-likeness (QED) is 0.727. The first-order chi connectivity index (χ1) is 10.8. The molecule has 0 bridgehead atoms. The second kappa shape index (κ2) is 6.54. The van der Waals surface area contributed by atoms with E-state index < -0.39 is 0 Å². The number of benzene rings is 1. The number of aromatic nitrogens is 1. The molecule has 22 heavy (non-hydrogen) atoms. The summed E-state index contributed by atoms with van der Waals surface area (Å²) in [5, 5.41) is 1.97. The van der Waals surface area contributed by atoms with Gasteiger partial charge in [0.2, 0.25) is 0 Å². The molecule has 0 atom stereocenters. The highest BCUT2D eigenvalue weighted by Crippen LogP contribution is 2.29. The number of carbonyl (C=O) groups excluding carboxylic acids is 1. The molecule has 2 heterocycles. The fraction of sp³-hybridized carbons (Fsp3) is 0.111. The van der Waals surface area contributed by atoms with E-state index in [1.807, 2.05) is 61.0 Å². The predicted molar refractivity (Wildman–Crippen MR) is 89.8 cm³/mol. The van der Waals surface area contributed by atoms with Gasteiger partial charge in [0.1, 0.15) is 0 Å². The summed E-state index contributed by atoms with van der Waals surface area (Å²) in [6, 6.07) is 15.9. The molecule has 3 aromatic rings. The van der Waals surface area contributed by atoms with E-state index in [9.17, 15) is 4.79 Å². The van der Waals surface area contributed by atoms with Crippen LogP contribution in [0.1, 0.15) is 15.2 Å². The Labute approximate surface area is 133 Å². The minimum absolute atomic E-state index is 0.0395. The summed E-state index contributed by atoms with van der Waals surface area (Å²) < 4.78 is 0. The molecule has 110 valence electrons. The largest absolute Gasteiger partial charge is 0.337 e. The molecule has 0 aliphatic rings. The molecule has 0 aliphatic heterocycles. The van der Waals surface area contributed by atoms with E-state index in [2.05, 4.69) is 4.98 Å². The summed E-state index contributed by atoms with van der Waals surface area (Å²) in [6.45, 7) is 0.554. The number of amides is 1. The van der Waals surface area contributed by atoms with E-state index >= 15 is 0 Å². The molecule has 0 saturated carbocycles. The van der Waals surface area contributed by atoms with Crippen molar-refractivity contribution in [3.8, 4) is 11.1 Å². The second-order valence-corrected chi connectivity index (χ2v) is 5.97. The third-order valence-corrected chi connectivity index (χ3v) is 4.34. The van der Waals surface area contributed by atoms with Crippen molar-refractivity contribution in [3.05, 3.63) is 76.7 Å². The summed E-state index contributed by atoms with van der Waals surface area (Å²) in [6.07, 6.45) is 3.52. The summed E-state index contributed by atoms with van der Waals surface area (Å²) in [4.78, 5) is 19.3. The van der Waals surface area contributed by atoms with Crippen LogP contribution in [0.4, 0.5) is 0 Å². The Kier molecular flexibility index (Phi) is 4.30. The fourth-order valence-corrected chi connectivity index (χ4v) is 3.24. The van der Waals surface area contributed by atoms with Crippen LogP contribution >= 0.6 is 11.3 Å². The smallest absolute Gasteiger partial charge is 0.264 e. The highest BCUT2D eigenvalue weighted by atomic mass is 32.1. The normalized spacial score (nSPS) is 10.4. The van der Waals surface area contributed by atoms with E-state index in [0.29, 0.717) is 6.54 Å². The molecule has 0 fully saturated rings. The zero-order valence-electron chi connectivity index (χ0n) is 12.3. The van der Waals surface area contributed by atoms with Gasteiger partial charge in [-0.2, -0.15) is 0 Å². The number of carbonyl (C=O) groups is 1. The van der Waals surface area contributed by atoms with Gasteiger partial charge in [-0.15, -0.1) is 11.3 Å². The van der Waals surface area contributed by atoms with Gasteiger partial charge >= 0.3 is 0 Å². The van der Waals surface area contributed by atoms with Crippen molar-refractivity contribution in [2.45, 2.75) is 6.54 Å². The summed E-state index contributed by atoms with van der Waals surface area (Å²) in [5.41, 5.74) is 3.09. The van der Waals surface area contributed by atoms with Crippen LogP contribution in [0.25, 0.3) is 11.1 Å². The van der Waals surface area contributed by atoms with Crippen molar-refractivity contribution >= 4 is 17.2 Å². The monoisotopic (exact) mass is 308 g/mol. The maximum absolute atomic E-state index is 12.7. The van der Waals surface area contributed by atoms with Crippen LogP contribution in [-0.4, -0.2) is 22.8 Å². The topological polar surface area (TPSA) is 33.2 Å². The van der Waals surface area contributed by atoms with Gasteiger partial charge in [0, 0.05) is 31.5 Å². The first kappa shape index (κ1) is 14.5. The third-order valence-electron chi connectivity index (χ3n) is 3.43. The Balaban J connectivity index is 1.83. The van der Waals surface area contributed by atoms with Gasteiger partial charge in [-0.05, 0) is 28.6 Å². The summed E-state index contributed by atoms with van der Waals surface area (Å²) >= 11 is 1.48. The first-order valence-electron chi connectivity index (χ1n) is 7.03. The Morgan fingerprint density at radius 2 is 1.95 bits per heavy atom. The summed E-state index contributed by atoms with van der Waals surface area (Å²) in [7, 11) is 1.82. The molecule has 1 amide bonds. The van der Waals surface area contributed by atoms with Gasteiger partial charge in [-0.25, -0.2) is 0 Å². The third kappa shape index (κ3) is 3.07. The predicted octanol–water partition coefficient (Wildman–Crippen LogP) is 4.08. The number of rotatable bonds is 4. The van der Waals surface area contributed by atoms with Gasteiger partial charge in [0.15, 0.2) is 0 Å². The van der Waals surface area contributed by atoms with Crippen molar-refractivity contribution in [2.24, 2.45) is 0 Å². The lowest BCUT2D eigenvalue weighted by atomic mass is 10.1. The molecule has 3 rings (SSSR count). The van der Waals surface area contributed by atoms with Crippen LogP contribution in [-0.2, 0) is 6.54 Å². The molecule has 4 heteroatoms. The minimum atomic E-state index is 0.0395. The molecule has 3 nitrogen and oxygen atoms in total. The van der Waals surface area contributed by atoms with E-state index in [1.54, 1.807) is 17.3 Å². The number of nitrogens with zero attached hydrogens (tertiary/aromatic N) is 2. The Bertz CT molecular complexity index is 753. The maximum Gasteiger partial charge on any atom is 0.264 e. The molecular formula is C18H16N2OS. The van der Waals surface area contributed by atoms with Gasteiger partial charge in [0.05, 0.1) is 4.88 Å². The standard InChI is InChI=1S/C18H16N2OS/c1-20(13-14-6-5-10-19-12-14)18(21)17-16(9-11-22-17)15-7-3-2-4-8-15/h2-12H,13H2,1H3. The lowest BCUT2D eigenvalue weighted by molar-refractivity contribution is 0.0790. The molecule has 0 spiro atoms. The van der Waals surface area contributed by atoms with Gasteiger partial charge < -0.3 is 4.90 Å². The highest BCUT2D eigenvalue weighted by molar-refractivity contribution is 7.12. The zero-order valence-corrected chi connectivity index (χ0v) is 13.1.